The van der Waals surface area contributed by atoms with Crippen LogP contribution in [-0.2, 0) is 9.53 Å². The van der Waals surface area contributed by atoms with Gasteiger partial charge < -0.3 is 4.74 Å². The first kappa shape index (κ1) is 14.1. The third-order valence-corrected chi connectivity index (χ3v) is 3.77. The standard InChI is InChI=1S/C17H24O2/c1-12(16(18)19-17(2,3)4)14-10-5-6-11-15(14)13-8-7-9-13/h5-6,10-13H,7-9H2,1-4H3. The monoisotopic (exact) mass is 260 g/mol. The zero-order valence-electron chi connectivity index (χ0n) is 12.4. The van der Waals surface area contributed by atoms with E-state index in [4.69, 9.17) is 4.74 Å². The minimum atomic E-state index is -0.420. The lowest BCUT2D eigenvalue weighted by Gasteiger charge is -2.30. The molecule has 0 saturated heterocycles. The molecular formula is C17H24O2. The van der Waals surface area contributed by atoms with Crippen molar-refractivity contribution in [2.75, 3.05) is 0 Å². The van der Waals surface area contributed by atoms with Crippen molar-refractivity contribution in [3.05, 3.63) is 35.4 Å². The Labute approximate surface area is 116 Å². The second-order valence-corrected chi connectivity index (χ2v) is 6.51. The van der Waals surface area contributed by atoms with Crippen LogP contribution in [0.2, 0.25) is 0 Å². The Kier molecular flexibility index (Phi) is 3.98. The molecule has 0 heterocycles. The lowest BCUT2D eigenvalue weighted by Crippen LogP contribution is -2.27. The molecule has 1 fully saturated rings. The summed E-state index contributed by atoms with van der Waals surface area (Å²) in [5.74, 6) is 0.330. The van der Waals surface area contributed by atoms with Crippen LogP contribution in [0.4, 0.5) is 0 Å². The highest BCUT2D eigenvalue weighted by Gasteiger charge is 2.28. The highest BCUT2D eigenvalue weighted by atomic mass is 16.6. The average Bonchev–Trinajstić information content (AvgIpc) is 2.24. The van der Waals surface area contributed by atoms with Gasteiger partial charge in [0.1, 0.15) is 5.60 Å². The fraction of sp³-hybridized carbons (Fsp3) is 0.588. The molecule has 2 rings (SSSR count). The molecule has 2 nitrogen and oxygen atoms in total. The van der Waals surface area contributed by atoms with Crippen molar-refractivity contribution in [2.45, 2.75) is 64.4 Å². The van der Waals surface area contributed by atoms with Crippen molar-refractivity contribution in [3.63, 3.8) is 0 Å². The summed E-state index contributed by atoms with van der Waals surface area (Å²) in [7, 11) is 0. The van der Waals surface area contributed by atoms with Gasteiger partial charge >= 0.3 is 5.97 Å². The smallest absolute Gasteiger partial charge is 0.313 e. The van der Waals surface area contributed by atoms with Crippen molar-refractivity contribution >= 4 is 5.97 Å². The summed E-state index contributed by atoms with van der Waals surface area (Å²) in [6, 6.07) is 8.32. The first-order valence-electron chi connectivity index (χ1n) is 7.20. The van der Waals surface area contributed by atoms with Crippen LogP contribution >= 0.6 is 0 Å². The topological polar surface area (TPSA) is 26.3 Å². The van der Waals surface area contributed by atoms with E-state index < -0.39 is 5.60 Å². The van der Waals surface area contributed by atoms with Crippen LogP contribution in [0.1, 0.15) is 69.9 Å². The number of ether oxygens (including phenoxy) is 1. The largest absolute Gasteiger partial charge is 0.460 e. The van der Waals surface area contributed by atoms with E-state index >= 15 is 0 Å². The van der Waals surface area contributed by atoms with E-state index in [-0.39, 0.29) is 11.9 Å². The van der Waals surface area contributed by atoms with Gasteiger partial charge in [0.25, 0.3) is 0 Å². The Morgan fingerprint density at radius 3 is 2.42 bits per heavy atom. The maximum Gasteiger partial charge on any atom is 0.313 e. The average molecular weight is 260 g/mol. The van der Waals surface area contributed by atoms with Crippen LogP contribution in [0.5, 0.6) is 0 Å². The predicted molar refractivity (Wildman–Crippen MR) is 77.3 cm³/mol. The quantitative estimate of drug-likeness (QED) is 0.753. The zero-order valence-corrected chi connectivity index (χ0v) is 12.4. The number of carbonyl (C=O) groups is 1. The molecule has 0 amide bonds. The molecule has 1 unspecified atom stereocenters. The van der Waals surface area contributed by atoms with Gasteiger partial charge in [-0.1, -0.05) is 30.7 Å². The molecule has 1 aromatic rings. The van der Waals surface area contributed by atoms with E-state index in [1.165, 1.54) is 24.8 Å². The second kappa shape index (κ2) is 5.36. The molecule has 1 aliphatic rings. The van der Waals surface area contributed by atoms with Gasteiger partial charge in [0.2, 0.25) is 0 Å². The maximum absolute atomic E-state index is 12.2. The lowest BCUT2D eigenvalue weighted by molar-refractivity contribution is -0.156. The van der Waals surface area contributed by atoms with Crippen LogP contribution in [0.3, 0.4) is 0 Å². The Balaban J connectivity index is 2.18. The highest BCUT2D eigenvalue weighted by molar-refractivity contribution is 5.78. The fourth-order valence-electron chi connectivity index (χ4n) is 2.51. The highest BCUT2D eigenvalue weighted by Crippen LogP contribution is 2.40. The third-order valence-electron chi connectivity index (χ3n) is 3.77. The van der Waals surface area contributed by atoms with Crippen molar-refractivity contribution in [3.8, 4) is 0 Å². The number of hydrogen-bond acceptors (Lipinski definition) is 2. The van der Waals surface area contributed by atoms with Gasteiger partial charge in [-0.2, -0.15) is 0 Å². The molecule has 2 heteroatoms. The van der Waals surface area contributed by atoms with E-state index in [0.29, 0.717) is 5.92 Å². The van der Waals surface area contributed by atoms with E-state index in [0.717, 1.165) is 5.56 Å². The fourth-order valence-corrected chi connectivity index (χ4v) is 2.51. The van der Waals surface area contributed by atoms with Gasteiger partial charge in [-0.15, -0.1) is 0 Å². The van der Waals surface area contributed by atoms with Gasteiger partial charge in [0, 0.05) is 0 Å². The zero-order chi connectivity index (χ0) is 14.0. The molecule has 0 spiro atoms. The Morgan fingerprint density at radius 1 is 1.26 bits per heavy atom. The number of carbonyl (C=O) groups excluding carboxylic acids is 1. The molecule has 0 radical (unpaired) electrons. The van der Waals surface area contributed by atoms with E-state index in [9.17, 15) is 4.79 Å². The minimum absolute atomic E-state index is 0.126. The summed E-state index contributed by atoms with van der Waals surface area (Å²) in [5.41, 5.74) is 2.06. The van der Waals surface area contributed by atoms with Gasteiger partial charge in [-0.25, -0.2) is 0 Å². The molecule has 0 N–H and O–H groups in total. The molecule has 0 aromatic heterocycles. The van der Waals surface area contributed by atoms with Gasteiger partial charge in [0.15, 0.2) is 0 Å². The Morgan fingerprint density at radius 2 is 1.89 bits per heavy atom. The molecule has 19 heavy (non-hydrogen) atoms. The first-order chi connectivity index (χ1) is 8.88. The third kappa shape index (κ3) is 3.37. The van der Waals surface area contributed by atoms with E-state index in [2.05, 4.69) is 18.2 Å². The summed E-state index contributed by atoms with van der Waals surface area (Å²) in [5, 5.41) is 0. The normalized spacial score (nSPS) is 17.7. The van der Waals surface area contributed by atoms with Crippen LogP contribution in [0.15, 0.2) is 24.3 Å². The van der Waals surface area contributed by atoms with Gasteiger partial charge in [-0.05, 0) is 57.6 Å². The number of hydrogen-bond donors (Lipinski definition) is 0. The Hall–Kier alpha value is -1.31. The SMILES string of the molecule is CC(C(=O)OC(C)(C)C)c1ccccc1C1CCC1. The minimum Gasteiger partial charge on any atom is -0.460 e. The molecule has 104 valence electrons. The summed E-state index contributed by atoms with van der Waals surface area (Å²) < 4.78 is 5.50. The van der Waals surface area contributed by atoms with Crippen LogP contribution in [0, 0.1) is 0 Å². The lowest BCUT2D eigenvalue weighted by atomic mass is 9.76. The molecule has 1 atom stereocenters. The van der Waals surface area contributed by atoms with Crippen molar-refractivity contribution in [1.82, 2.24) is 0 Å². The van der Waals surface area contributed by atoms with Crippen molar-refractivity contribution in [2.24, 2.45) is 0 Å². The summed E-state index contributed by atoms with van der Waals surface area (Å²) in [6.45, 7) is 7.69. The molecule has 1 saturated carbocycles. The van der Waals surface area contributed by atoms with Gasteiger partial charge in [-0.3, -0.25) is 4.79 Å². The van der Waals surface area contributed by atoms with E-state index in [1.807, 2.05) is 33.8 Å². The molecule has 0 bridgehead atoms. The molecule has 1 aliphatic carbocycles. The number of esters is 1. The predicted octanol–water partition coefficient (Wildman–Crippen LogP) is 4.40. The number of rotatable bonds is 3. The molecular weight excluding hydrogens is 236 g/mol. The van der Waals surface area contributed by atoms with Crippen molar-refractivity contribution in [1.29, 1.82) is 0 Å². The summed E-state index contributed by atoms with van der Waals surface area (Å²) in [4.78, 5) is 12.2. The molecule has 1 aromatic carbocycles. The Bertz CT molecular complexity index is 453. The van der Waals surface area contributed by atoms with Crippen LogP contribution < -0.4 is 0 Å². The number of benzene rings is 1. The summed E-state index contributed by atoms with van der Waals surface area (Å²) in [6.07, 6.45) is 3.80. The first-order valence-corrected chi connectivity index (χ1v) is 7.20. The maximum atomic E-state index is 12.2. The van der Waals surface area contributed by atoms with Crippen molar-refractivity contribution < 1.29 is 9.53 Å². The van der Waals surface area contributed by atoms with E-state index in [1.54, 1.807) is 0 Å². The summed E-state index contributed by atoms with van der Waals surface area (Å²) >= 11 is 0. The van der Waals surface area contributed by atoms with Crippen LogP contribution in [0.25, 0.3) is 0 Å². The van der Waals surface area contributed by atoms with Gasteiger partial charge in [0.05, 0.1) is 5.92 Å². The molecule has 0 aliphatic heterocycles. The van der Waals surface area contributed by atoms with Crippen LogP contribution in [-0.4, -0.2) is 11.6 Å². The second-order valence-electron chi connectivity index (χ2n) is 6.51.